The fourth-order valence-electron chi connectivity index (χ4n) is 2.73. The molecule has 1 aromatic carbocycles. The summed E-state index contributed by atoms with van der Waals surface area (Å²) in [6, 6.07) is 4.61. The summed E-state index contributed by atoms with van der Waals surface area (Å²) in [6.45, 7) is 4.47. The van der Waals surface area contributed by atoms with Crippen molar-refractivity contribution in [2.24, 2.45) is 0 Å². The number of sulfonamides is 2. The zero-order valence-electron chi connectivity index (χ0n) is 14.5. The minimum Gasteiger partial charge on any atom is -0.344 e. The Morgan fingerprint density at radius 2 is 1.60 bits per heavy atom. The van der Waals surface area contributed by atoms with Crippen LogP contribution in [0.2, 0.25) is 0 Å². The smallest absolute Gasteiger partial charge is 0.243 e. The Bertz CT molecular complexity index is 830. The zero-order valence-corrected chi connectivity index (χ0v) is 16.1. The molecule has 1 amide bonds. The van der Waals surface area contributed by atoms with E-state index in [4.69, 9.17) is 0 Å². The minimum atomic E-state index is -3.82. The van der Waals surface area contributed by atoms with Crippen LogP contribution in [0.3, 0.4) is 0 Å². The van der Waals surface area contributed by atoms with Crippen molar-refractivity contribution in [3.63, 3.8) is 0 Å². The zero-order chi connectivity index (χ0) is 18.8. The lowest BCUT2D eigenvalue weighted by atomic mass is 10.3. The van der Waals surface area contributed by atoms with Gasteiger partial charge in [-0.05, 0) is 24.3 Å². The quantitative estimate of drug-likeness (QED) is 0.719. The molecule has 1 heterocycles. The van der Waals surface area contributed by atoms with Gasteiger partial charge in [-0.2, -0.15) is 4.31 Å². The van der Waals surface area contributed by atoms with Gasteiger partial charge in [0.25, 0.3) is 0 Å². The molecular weight excluding hydrogens is 366 g/mol. The van der Waals surface area contributed by atoms with Crippen molar-refractivity contribution >= 4 is 26.0 Å². The summed E-state index contributed by atoms with van der Waals surface area (Å²) in [6.07, 6.45) is 0.115. The van der Waals surface area contributed by atoms with Crippen LogP contribution in [-0.4, -0.2) is 64.7 Å². The number of hydrogen-bond donors (Lipinski definition) is 1. The van der Waals surface area contributed by atoms with Crippen molar-refractivity contribution in [2.75, 3.05) is 26.7 Å². The average Bonchev–Trinajstić information content (AvgIpc) is 2.85. The van der Waals surface area contributed by atoms with E-state index in [1.807, 2.05) is 0 Å². The van der Waals surface area contributed by atoms with Crippen molar-refractivity contribution < 1.29 is 21.6 Å². The second kappa shape index (κ2) is 7.40. The molecule has 1 aliphatic heterocycles. The number of amides is 1. The van der Waals surface area contributed by atoms with Gasteiger partial charge in [0.2, 0.25) is 26.0 Å². The van der Waals surface area contributed by atoms with Crippen LogP contribution in [0.15, 0.2) is 34.1 Å². The van der Waals surface area contributed by atoms with E-state index in [1.54, 1.807) is 20.9 Å². The van der Waals surface area contributed by atoms with Gasteiger partial charge in [0.05, 0.1) is 9.79 Å². The highest BCUT2D eigenvalue weighted by molar-refractivity contribution is 7.89. The third kappa shape index (κ3) is 4.20. The predicted molar refractivity (Wildman–Crippen MR) is 92.9 cm³/mol. The lowest BCUT2D eigenvalue weighted by molar-refractivity contribution is -0.126. The number of nitrogens with zero attached hydrogens (tertiary/aromatic N) is 2. The molecule has 1 aromatic rings. The van der Waals surface area contributed by atoms with Crippen LogP contribution >= 0.6 is 0 Å². The molecule has 0 aromatic heterocycles. The van der Waals surface area contributed by atoms with E-state index >= 15 is 0 Å². The first-order valence-corrected chi connectivity index (χ1v) is 10.9. The summed E-state index contributed by atoms with van der Waals surface area (Å²) in [5.41, 5.74) is 0. The standard InChI is InChI=1S/C15H23N3O5S2/c1-4-18(5-2)25(22,23)14-8-6-13(7-9-14)24(20,21)16-12-10-15(19)17(3)11-12/h6-9,12,16H,4-5,10-11H2,1-3H3/t12-/m1/s1. The average molecular weight is 389 g/mol. The van der Waals surface area contributed by atoms with Crippen LogP contribution in [0.5, 0.6) is 0 Å². The first-order valence-electron chi connectivity index (χ1n) is 7.98. The summed E-state index contributed by atoms with van der Waals surface area (Å²) < 4.78 is 53.4. The Labute approximate surface area is 148 Å². The van der Waals surface area contributed by atoms with Crippen LogP contribution in [0.1, 0.15) is 20.3 Å². The number of likely N-dealkylation sites (N-methyl/N-ethyl adjacent to an activating group) is 1. The predicted octanol–water partition coefficient (Wildman–Crippen LogP) is 0.226. The van der Waals surface area contributed by atoms with Crippen molar-refractivity contribution in [3.8, 4) is 0 Å². The minimum absolute atomic E-state index is 0.0343. The molecule has 1 N–H and O–H groups in total. The van der Waals surface area contributed by atoms with Gasteiger partial charge in [-0.15, -0.1) is 0 Å². The van der Waals surface area contributed by atoms with Gasteiger partial charge in [-0.25, -0.2) is 21.6 Å². The number of nitrogens with one attached hydrogen (secondary N) is 1. The number of carbonyl (C=O) groups excluding carboxylic acids is 1. The van der Waals surface area contributed by atoms with E-state index in [0.29, 0.717) is 19.6 Å². The number of carbonyl (C=O) groups is 1. The molecule has 25 heavy (non-hydrogen) atoms. The van der Waals surface area contributed by atoms with Gasteiger partial charge in [0.1, 0.15) is 0 Å². The lowest BCUT2D eigenvalue weighted by Crippen LogP contribution is -2.36. The summed E-state index contributed by atoms with van der Waals surface area (Å²) in [4.78, 5) is 13.0. The van der Waals surface area contributed by atoms with E-state index in [0.717, 1.165) is 0 Å². The fraction of sp³-hybridized carbons (Fsp3) is 0.533. The van der Waals surface area contributed by atoms with Crippen LogP contribution in [0.25, 0.3) is 0 Å². The maximum absolute atomic E-state index is 12.4. The molecule has 0 saturated carbocycles. The monoisotopic (exact) mass is 389 g/mol. The molecule has 0 spiro atoms. The maximum Gasteiger partial charge on any atom is 0.243 e. The molecule has 1 aliphatic rings. The van der Waals surface area contributed by atoms with E-state index in [1.165, 1.54) is 33.5 Å². The summed E-state index contributed by atoms with van der Waals surface area (Å²) in [5, 5.41) is 0. The van der Waals surface area contributed by atoms with E-state index in [9.17, 15) is 21.6 Å². The summed E-state index contributed by atoms with van der Waals surface area (Å²) in [5.74, 6) is -0.117. The second-order valence-corrected chi connectivity index (χ2v) is 9.51. The Morgan fingerprint density at radius 3 is 2.04 bits per heavy atom. The molecule has 140 valence electrons. The Hall–Kier alpha value is -1.49. The highest BCUT2D eigenvalue weighted by atomic mass is 32.2. The van der Waals surface area contributed by atoms with E-state index < -0.39 is 26.1 Å². The van der Waals surface area contributed by atoms with Crippen LogP contribution in [0, 0.1) is 0 Å². The van der Waals surface area contributed by atoms with Crippen LogP contribution < -0.4 is 4.72 Å². The van der Waals surface area contributed by atoms with Gasteiger partial charge >= 0.3 is 0 Å². The fourth-order valence-corrected chi connectivity index (χ4v) is 5.42. The molecule has 10 heteroatoms. The Kier molecular flexibility index (Phi) is 5.87. The molecule has 1 atom stereocenters. The van der Waals surface area contributed by atoms with Crippen molar-refractivity contribution in [3.05, 3.63) is 24.3 Å². The molecular formula is C15H23N3O5S2. The third-order valence-corrected chi connectivity index (χ3v) is 7.74. The highest BCUT2D eigenvalue weighted by Crippen LogP contribution is 2.19. The Morgan fingerprint density at radius 1 is 1.08 bits per heavy atom. The first-order chi connectivity index (χ1) is 11.6. The van der Waals surface area contributed by atoms with Crippen molar-refractivity contribution in [2.45, 2.75) is 36.1 Å². The van der Waals surface area contributed by atoms with E-state index in [2.05, 4.69) is 4.72 Å². The number of likely N-dealkylation sites (tertiary alicyclic amines) is 1. The lowest BCUT2D eigenvalue weighted by Gasteiger charge is -2.18. The summed E-state index contributed by atoms with van der Waals surface area (Å²) >= 11 is 0. The topological polar surface area (TPSA) is 104 Å². The number of rotatable bonds is 7. The maximum atomic E-state index is 12.4. The Balaban J connectivity index is 2.20. The molecule has 1 fully saturated rings. The SMILES string of the molecule is CCN(CC)S(=O)(=O)c1ccc(S(=O)(=O)N[C@@H]2CC(=O)N(C)C2)cc1. The second-order valence-electron chi connectivity index (χ2n) is 5.86. The van der Waals surface area contributed by atoms with Gasteiger partial charge in [0, 0.05) is 39.1 Å². The number of benzene rings is 1. The first kappa shape index (κ1) is 19.8. The molecule has 0 radical (unpaired) electrons. The molecule has 2 rings (SSSR count). The van der Waals surface area contributed by atoms with Crippen LogP contribution in [-0.2, 0) is 24.8 Å². The van der Waals surface area contributed by atoms with Crippen LogP contribution in [0.4, 0.5) is 0 Å². The van der Waals surface area contributed by atoms with Gasteiger partial charge in [-0.3, -0.25) is 4.79 Å². The van der Waals surface area contributed by atoms with Crippen molar-refractivity contribution in [1.82, 2.24) is 13.9 Å². The van der Waals surface area contributed by atoms with Crippen molar-refractivity contribution in [1.29, 1.82) is 0 Å². The third-order valence-electron chi connectivity index (χ3n) is 4.14. The molecule has 1 saturated heterocycles. The summed E-state index contributed by atoms with van der Waals surface area (Å²) in [7, 11) is -5.84. The molecule has 0 unspecified atom stereocenters. The largest absolute Gasteiger partial charge is 0.344 e. The van der Waals surface area contributed by atoms with Gasteiger partial charge in [-0.1, -0.05) is 13.8 Å². The molecule has 0 aliphatic carbocycles. The van der Waals surface area contributed by atoms with E-state index in [-0.39, 0.29) is 22.1 Å². The molecule has 0 bridgehead atoms. The number of hydrogen-bond acceptors (Lipinski definition) is 5. The molecule has 8 nitrogen and oxygen atoms in total. The van der Waals surface area contributed by atoms with Gasteiger partial charge in [0.15, 0.2) is 0 Å². The highest BCUT2D eigenvalue weighted by Gasteiger charge is 2.31. The normalized spacial score (nSPS) is 19.0. The van der Waals surface area contributed by atoms with Gasteiger partial charge < -0.3 is 4.90 Å².